The van der Waals surface area contributed by atoms with Crippen molar-refractivity contribution in [2.75, 3.05) is 0 Å². The maximum atomic E-state index is 13.4. The van der Waals surface area contributed by atoms with Crippen LogP contribution in [-0.2, 0) is 5.88 Å². The number of aromatic nitrogens is 2. The van der Waals surface area contributed by atoms with Gasteiger partial charge in [0.25, 0.3) is 5.56 Å². The molecule has 1 aromatic heterocycles. The third-order valence-electron chi connectivity index (χ3n) is 3.36. The van der Waals surface area contributed by atoms with Gasteiger partial charge in [-0.05, 0) is 42.8 Å². The highest BCUT2D eigenvalue weighted by molar-refractivity contribution is 6.16. The molecule has 0 N–H and O–H groups in total. The summed E-state index contributed by atoms with van der Waals surface area (Å²) >= 11 is 5.93. The van der Waals surface area contributed by atoms with Crippen LogP contribution in [-0.4, -0.2) is 9.55 Å². The quantitative estimate of drug-likeness (QED) is 0.678. The minimum absolute atomic E-state index is 0.0937. The smallest absolute Gasteiger partial charge is 0.266 e. The van der Waals surface area contributed by atoms with Crippen molar-refractivity contribution < 1.29 is 4.39 Å². The molecule has 0 saturated heterocycles. The minimum Gasteiger partial charge on any atom is -0.268 e. The average molecular weight is 303 g/mol. The molecular weight excluding hydrogens is 291 g/mol. The molecule has 0 radical (unpaired) electrons. The predicted molar refractivity (Wildman–Crippen MR) is 81.6 cm³/mol. The number of hydrogen-bond acceptors (Lipinski definition) is 2. The average Bonchev–Trinajstić information content (AvgIpc) is 2.50. The van der Waals surface area contributed by atoms with Crippen LogP contribution in [0.15, 0.2) is 47.3 Å². The number of rotatable bonds is 2. The topological polar surface area (TPSA) is 34.9 Å². The van der Waals surface area contributed by atoms with E-state index >= 15 is 0 Å². The van der Waals surface area contributed by atoms with Crippen LogP contribution in [0.5, 0.6) is 0 Å². The Kier molecular flexibility index (Phi) is 3.47. The fourth-order valence-electron chi connectivity index (χ4n) is 2.30. The van der Waals surface area contributed by atoms with Gasteiger partial charge in [0.1, 0.15) is 11.6 Å². The van der Waals surface area contributed by atoms with Crippen LogP contribution >= 0.6 is 11.6 Å². The summed E-state index contributed by atoms with van der Waals surface area (Å²) in [4.78, 5) is 17.1. The van der Waals surface area contributed by atoms with E-state index in [0.717, 1.165) is 0 Å². The molecule has 0 aliphatic carbocycles. The van der Waals surface area contributed by atoms with Crippen LogP contribution in [0.25, 0.3) is 16.6 Å². The molecule has 3 nitrogen and oxygen atoms in total. The van der Waals surface area contributed by atoms with Gasteiger partial charge in [-0.25, -0.2) is 9.37 Å². The van der Waals surface area contributed by atoms with Gasteiger partial charge < -0.3 is 0 Å². The second-order valence-corrected chi connectivity index (χ2v) is 5.02. The maximum Gasteiger partial charge on any atom is 0.266 e. The molecule has 0 aliphatic heterocycles. The van der Waals surface area contributed by atoms with E-state index in [9.17, 15) is 9.18 Å². The number of halogens is 2. The Morgan fingerprint density at radius 1 is 1.24 bits per heavy atom. The number of alkyl halides is 1. The lowest BCUT2D eigenvalue weighted by molar-refractivity contribution is 0.617. The van der Waals surface area contributed by atoms with E-state index in [1.165, 1.54) is 10.6 Å². The monoisotopic (exact) mass is 302 g/mol. The van der Waals surface area contributed by atoms with Crippen LogP contribution in [0.1, 0.15) is 11.4 Å². The summed E-state index contributed by atoms with van der Waals surface area (Å²) in [7, 11) is 0. The molecule has 3 rings (SSSR count). The van der Waals surface area contributed by atoms with Crippen molar-refractivity contribution in [3.05, 3.63) is 70.0 Å². The Balaban J connectivity index is 2.37. The fourth-order valence-corrected chi connectivity index (χ4v) is 2.48. The van der Waals surface area contributed by atoms with E-state index in [0.29, 0.717) is 28.0 Å². The van der Waals surface area contributed by atoms with E-state index in [4.69, 9.17) is 11.6 Å². The van der Waals surface area contributed by atoms with Gasteiger partial charge in [0.2, 0.25) is 0 Å². The molecule has 0 spiro atoms. The molecule has 0 saturated carbocycles. The molecule has 106 valence electrons. The highest BCUT2D eigenvalue weighted by atomic mass is 35.5. The number of nitrogens with zero attached hydrogens (tertiary/aromatic N) is 2. The highest BCUT2D eigenvalue weighted by Crippen LogP contribution is 2.17. The van der Waals surface area contributed by atoms with Gasteiger partial charge in [-0.3, -0.25) is 9.36 Å². The first-order chi connectivity index (χ1) is 10.1. The fraction of sp³-hybridized carbons (Fsp3) is 0.125. The summed E-state index contributed by atoms with van der Waals surface area (Å²) < 4.78 is 14.9. The maximum absolute atomic E-state index is 13.4. The van der Waals surface area contributed by atoms with Crippen molar-refractivity contribution in [1.82, 2.24) is 9.55 Å². The van der Waals surface area contributed by atoms with Crippen LogP contribution in [0.2, 0.25) is 0 Å². The first kappa shape index (κ1) is 13.8. The SMILES string of the molecule is Cc1cc(-n2c(CCl)nc3ccccc3c2=O)ccc1F. The molecule has 0 unspecified atom stereocenters. The Morgan fingerprint density at radius 2 is 2.00 bits per heavy atom. The van der Waals surface area contributed by atoms with Gasteiger partial charge in [-0.2, -0.15) is 0 Å². The van der Waals surface area contributed by atoms with E-state index in [2.05, 4.69) is 4.98 Å². The first-order valence-corrected chi connectivity index (χ1v) is 6.98. The van der Waals surface area contributed by atoms with E-state index < -0.39 is 0 Å². The van der Waals surface area contributed by atoms with Crippen molar-refractivity contribution in [3.8, 4) is 5.69 Å². The summed E-state index contributed by atoms with van der Waals surface area (Å²) in [6.07, 6.45) is 0. The molecule has 21 heavy (non-hydrogen) atoms. The zero-order valence-electron chi connectivity index (χ0n) is 11.3. The van der Waals surface area contributed by atoms with Crippen molar-refractivity contribution >= 4 is 22.5 Å². The number of aryl methyl sites for hydroxylation is 1. The van der Waals surface area contributed by atoms with Gasteiger partial charge in [-0.1, -0.05) is 12.1 Å². The zero-order chi connectivity index (χ0) is 15.0. The van der Waals surface area contributed by atoms with Crippen molar-refractivity contribution in [2.45, 2.75) is 12.8 Å². The lowest BCUT2D eigenvalue weighted by atomic mass is 10.2. The van der Waals surface area contributed by atoms with Gasteiger partial charge in [0.05, 0.1) is 22.5 Å². The van der Waals surface area contributed by atoms with Gasteiger partial charge in [-0.15, -0.1) is 11.6 Å². The number of hydrogen-bond donors (Lipinski definition) is 0. The summed E-state index contributed by atoms with van der Waals surface area (Å²) in [5.41, 5.74) is 1.43. The predicted octanol–water partition coefficient (Wildman–Crippen LogP) is 3.57. The molecule has 0 aliphatic rings. The van der Waals surface area contributed by atoms with Crippen LogP contribution in [0, 0.1) is 12.7 Å². The van der Waals surface area contributed by atoms with Gasteiger partial charge >= 0.3 is 0 Å². The molecule has 0 bridgehead atoms. The molecule has 3 aromatic rings. The third kappa shape index (κ3) is 2.32. The van der Waals surface area contributed by atoms with Crippen LogP contribution in [0.4, 0.5) is 4.39 Å². The zero-order valence-corrected chi connectivity index (χ0v) is 12.1. The Labute approximate surface area is 125 Å². The van der Waals surface area contributed by atoms with Gasteiger partial charge in [0.15, 0.2) is 0 Å². The number of fused-ring (bicyclic) bond motifs is 1. The minimum atomic E-state index is -0.312. The molecule has 5 heteroatoms. The van der Waals surface area contributed by atoms with E-state index in [1.54, 1.807) is 37.3 Å². The Bertz CT molecular complexity index is 889. The van der Waals surface area contributed by atoms with Gasteiger partial charge in [0, 0.05) is 0 Å². The molecule has 2 aromatic carbocycles. The van der Waals surface area contributed by atoms with Crippen molar-refractivity contribution in [1.29, 1.82) is 0 Å². The second kappa shape index (κ2) is 5.30. The van der Waals surface area contributed by atoms with Crippen LogP contribution < -0.4 is 5.56 Å². The first-order valence-electron chi connectivity index (χ1n) is 6.45. The molecule has 0 fully saturated rings. The lowest BCUT2D eigenvalue weighted by Crippen LogP contribution is -2.23. The molecule has 0 atom stereocenters. The normalized spacial score (nSPS) is 11.0. The van der Waals surface area contributed by atoms with Crippen molar-refractivity contribution in [3.63, 3.8) is 0 Å². The Morgan fingerprint density at radius 3 is 2.71 bits per heavy atom. The van der Waals surface area contributed by atoms with E-state index in [1.807, 2.05) is 6.07 Å². The summed E-state index contributed by atoms with van der Waals surface area (Å²) in [6, 6.07) is 11.6. The lowest BCUT2D eigenvalue weighted by Gasteiger charge is -2.12. The second-order valence-electron chi connectivity index (χ2n) is 4.75. The van der Waals surface area contributed by atoms with E-state index in [-0.39, 0.29) is 17.3 Å². The standard InChI is InChI=1S/C16H12ClFN2O/c1-10-8-11(6-7-13(10)18)20-15(9-17)19-14-5-3-2-4-12(14)16(20)21/h2-8H,9H2,1H3. The summed E-state index contributed by atoms with van der Waals surface area (Å²) in [5, 5.41) is 0.508. The number of para-hydroxylation sites is 1. The number of benzene rings is 2. The summed E-state index contributed by atoms with van der Waals surface area (Å²) in [5.74, 6) is 0.218. The summed E-state index contributed by atoms with van der Waals surface area (Å²) in [6.45, 7) is 1.65. The molecular formula is C16H12ClFN2O. The third-order valence-corrected chi connectivity index (χ3v) is 3.60. The largest absolute Gasteiger partial charge is 0.268 e. The van der Waals surface area contributed by atoms with Crippen molar-refractivity contribution in [2.24, 2.45) is 0 Å². The van der Waals surface area contributed by atoms with Crippen LogP contribution in [0.3, 0.4) is 0 Å². The molecule has 1 heterocycles. The highest BCUT2D eigenvalue weighted by Gasteiger charge is 2.12. The molecule has 0 amide bonds. The Hall–Kier alpha value is -2.20.